The fraction of sp³-hybridized carbons (Fsp3) is 0.500. The van der Waals surface area contributed by atoms with Gasteiger partial charge in [0.15, 0.2) is 0 Å². The molecule has 6 heteroatoms. The van der Waals surface area contributed by atoms with Crippen molar-refractivity contribution in [2.24, 2.45) is 5.10 Å². The third-order valence-corrected chi connectivity index (χ3v) is 3.70. The Kier molecular flexibility index (Phi) is 6.49. The Morgan fingerprint density at radius 2 is 2.12 bits per heavy atom. The summed E-state index contributed by atoms with van der Waals surface area (Å²) in [6.07, 6.45) is 1.77. The van der Waals surface area contributed by atoms with E-state index in [9.17, 15) is 4.79 Å². The predicted octanol–water partition coefficient (Wildman–Crippen LogP) is 3.41. The van der Waals surface area contributed by atoms with Gasteiger partial charge in [0.05, 0.1) is 17.0 Å². The summed E-state index contributed by atoms with van der Waals surface area (Å²) in [6.45, 7) is 9.11. The van der Waals surface area contributed by atoms with Gasteiger partial charge in [-0.15, -0.1) is 0 Å². The summed E-state index contributed by atoms with van der Waals surface area (Å²) in [7, 11) is 0. The molecule has 0 aliphatic carbocycles. The zero-order valence-corrected chi connectivity index (χ0v) is 14.9. The molecule has 0 bridgehead atoms. The van der Waals surface area contributed by atoms with Gasteiger partial charge < -0.3 is 4.74 Å². The van der Waals surface area contributed by atoms with Crippen molar-refractivity contribution >= 4 is 22.6 Å². The normalized spacial score (nSPS) is 12.1. The number of nitrogens with one attached hydrogen (secondary N) is 1. The van der Waals surface area contributed by atoms with E-state index in [-0.39, 0.29) is 11.7 Å². The number of ether oxygens (including phenoxy) is 1. The molecule has 1 aromatic heterocycles. The Balaban J connectivity index is 2.33. The van der Waals surface area contributed by atoms with E-state index in [1.165, 1.54) is 0 Å². The van der Waals surface area contributed by atoms with Crippen LogP contribution in [0.5, 0.6) is 0 Å². The van der Waals surface area contributed by atoms with Crippen molar-refractivity contribution in [3.63, 3.8) is 0 Å². The smallest absolute Gasteiger partial charge is 0.262 e. The Morgan fingerprint density at radius 1 is 1.38 bits per heavy atom. The molecule has 0 unspecified atom stereocenters. The molecule has 0 amide bonds. The van der Waals surface area contributed by atoms with E-state index in [4.69, 9.17) is 4.74 Å². The first kappa shape index (κ1) is 18.1. The summed E-state index contributed by atoms with van der Waals surface area (Å²) < 4.78 is 7.20. The number of anilines is 1. The van der Waals surface area contributed by atoms with Crippen molar-refractivity contribution in [2.75, 3.05) is 12.0 Å². The average molecular weight is 330 g/mol. The number of rotatable bonds is 8. The number of para-hydroxylation sites is 1. The number of hydrogen-bond donors (Lipinski definition) is 1. The lowest BCUT2D eigenvalue weighted by Crippen LogP contribution is -2.25. The van der Waals surface area contributed by atoms with Crippen LogP contribution in [0.2, 0.25) is 0 Å². The van der Waals surface area contributed by atoms with Crippen molar-refractivity contribution in [3.8, 4) is 0 Å². The second-order valence-electron chi connectivity index (χ2n) is 5.99. The molecule has 0 fully saturated rings. The van der Waals surface area contributed by atoms with Gasteiger partial charge in [-0.25, -0.2) is 10.4 Å². The quantitative estimate of drug-likeness (QED) is 0.457. The molecule has 130 valence electrons. The highest BCUT2D eigenvalue weighted by Crippen LogP contribution is 2.12. The van der Waals surface area contributed by atoms with Crippen LogP contribution in [0.15, 0.2) is 34.2 Å². The van der Waals surface area contributed by atoms with Gasteiger partial charge in [0.25, 0.3) is 5.56 Å². The summed E-state index contributed by atoms with van der Waals surface area (Å²) in [6, 6.07) is 7.37. The lowest BCUT2D eigenvalue weighted by molar-refractivity contribution is 0.0748. The maximum atomic E-state index is 12.8. The second kappa shape index (κ2) is 8.59. The van der Waals surface area contributed by atoms with Crippen molar-refractivity contribution < 1.29 is 4.74 Å². The number of hydrazone groups is 1. The lowest BCUT2D eigenvalue weighted by Gasteiger charge is -2.14. The number of aromatic nitrogens is 2. The zero-order chi connectivity index (χ0) is 17.5. The number of fused-ring (bicyclic) bond motifs is 1. The van der Waals surface area contributed by atoms with Crippen LogP contribution in [0.25, 0.3) is 10.9 Å². The molecule has 0 aliphatic heterocycles. The van der Waals surface area contributed by atoms with Gasteiger partial charge in [0.1, 0.15) is 0 Å². The second-order valence-corrected chi connectivity index (χ2v) is 5.99. The molecule has 0 spiro atoms. The molecular weight excluding hydrogens is 304 g/mol. The van der Waals surface area contributed by atoms with E-state index in [1.807, 2.05) is 45.9 Å². The van der Waals surface area contributed by atoms with Gasteiger partial charge in [0.2, 0.25) is 5.95 Å². The summed E-state index contributed by atoms with van der Waals surface area (Å²) in [5.74, 6) is 0.469. The summed E-state index contributed by atoms with van der Waals surface area (Å²) >= 11 is 0. The number of benzene rings is 1. The minimum Gasteiger partial charge on any atom is -0.379 e. The summed E-state index contributed by atoms with van der Waals surface area (Å²) in [5, 5.41) is 4.91. The largest absolute Gasteiger partial charge is 0.379 e. The van der Waals surface area contributed by atoms with Crippen LogP contribution in [0.1, 0.15) is 40.5 Å². The molecule has 24 heavy (non-hydrogen) atoms. The van der Waals surface area contributed by atoms with Crippen LogP contribution in [0.3, 0.4) is 0 Å². The highest BCUT2D eigenvalue weighted by atomic mass is 16.5. The van der Waals surface area contributed by atoms with Gasteiger partial charge in [-0.3, -0.25) is 9.36 Å². The maximum absolute atomic E-state index is 12.8. The maximum Gasteiger partial charge on any atom is 0.262 e. The minimum absolute atomic E-state index is 0.0583. The Hall–Kier alpha value is -2.21. The molecule has 0 atom stereocenters. The van der Waals surface area contributed by atoms with Crippen LogP contribution in [-0.2, 0) is 11.3 Å². The number of nitrogens with zero attached hydrogens (tertiary/aromatic N) is 3. The van der Waals surface area contributed by atoms with E-state index in [0.29, 0.717) is 30.0 Å². The van der Waals surface area contributed by atoms with Gasteiger partial charge in [-0.05, 0) is 45.7 Å². The Bertz CT molecular complexity index is 765. The first-order valence-electron chi connectivity index (χ1n) is 8.43. The zero-order valence-electron chi connectivity index (χ0n) is 14.9. The first-order chi connectivity index (χ1) is 11.5. The highest BCUT2D eigenvalue weighted by Gasteiger charge is 2.10. The van der Waals surface area contributed by atoms with Crippen LogP contribution in [-0.4, -0.2) is 28.0 Å². The van der Waals surface area contributed by atoms with Gasteiger partial charge in [-0.2, -0.15) is 5.10 Å². The van der Waals surface area contributed by atoms with Gasteiger partial charge in [-0.1, -0.05) is 19.1 Å². The molecular formula is C18H26N4O2. The van der Waals surface area contributed by atoms with Crippen LogP contribution < -0.4 is 11.0 Å². The van der Waals surface area contributed by atoms with E-state index >= 15 is 0 Å². The lowest BCUT2D eigenvalue weighted by atomic mass is 10.2. The van der Waals surface area contributed by atoms with Crippen molar-refractivity contribution in [1.29, 1.82) is 0 Å². The third-order valence-electron chi connectivity index (χ3n) is 3.70. The van der Waals surface area contributed by atoms with Crippen molar-refractivity contribution in [3.05, 3.63) is 34.6 Å². The highest BCUT2D eigenvalue weighted by molar-refractivity contribution is 5.82. The molecule has 1 heterocycles. The molecule has 2 rings (SSSR count). The van der Waals surface area contributed by atoms with Crippen molar-refractivity contribution in [1.82, 2.24) is 9.55 Å². The topological polar surface area (TPSA) is 68.5 Å². The molecule has 2 aromatic rings. The molecule has 0 radical (unpaired) electrons. The standard InChI is InChI=1S/C18H26N4O2/c1-5-14(4)20-21-18-19-16-10-7-6-9-15(16)17(23)22(18)11-8-12-24-13(2)3/h6-7,9-10,13H,5,8,11-12H2,1-4H3,(H,19,21)/b20-14-. The van der Waals surface area contributed by atoms with E-state index in [1.54, 1.807) is 10.6 Å². The van der Waals surface area contributed by atoms with E-state index < -0.39 is 0 Å². The Morgan fingerprint density at radius 3 is 2.83 bits per heavy atom. The molecule has 0 aliphatic rings. The molecule has 1 N–H and O–H groups in total. The van der Waals surface area contributed by atoms with Crippen LogP contribution in [0, 0.1) is 0 Å². The van der Waals surface area contributed by atoms with Crippen LogP contribution >= 0.6 is 0 Å². The summed E-state index contributed by atoms with van der Waals surface area (Å²) in [5.41, 5.74) is 4.51. The predicted molar refractivity (Wildman–Crippen MR) is 98.7 cm³/mol. The van der Waals surface area contributed by atoms with E-state index in [2.05, 4.69) is 15.5 Å². The average Bonchev–Trinajstić information content (AvgIpc) is 2.58. The van der Waals surface area contributed by atoms with E-state index in [0.717, 1.165) is 18.6 Å². The molecule has 1 aromatic carbocycles. The summed E-state index contributed by atoms with van der Waals surface area (Å²) in [4.78, 5) is 17.3. The minimum atomic E-state index is -0.0583. The van der Waals surface area contributed by atoms with Crippen molar-refractivity contribution in [2.45, 2.75) is 53.2 Å². The SMILES string of the molecule is CC/C(C)=N\Nc1nc2ccccc2c(=O)n1CCCOC(C)C. The molecule has 6 nitrogen and oxygen atoms in total. The number of hydrogen-bond acceptors (Lipinski definition) is 5. The van der Waals surface area contributed by atoms with Crippen LogP contribution in [0.4, 0.5) is 5.95 Å². The Labute approximate surface area is 142 Å². The monoisotopic (exact) mass is 330 g/mol. The van der Waals surface area contributed by atoms with Gasteiger partial charge in [0, 0.05) is 18.9 Å². The third kappa shape index (κ3) is 4.64. The molecule has 0 saturated carbocycles. The fourth-order valence-electron chi connectivity index (χ4n) is 2.23. The van der Waals surface area contributed by atoms with Gasteiger partial charge >= 0.3 is 0 Å². The molecule has 0 saturated heterocycles. The first-order valence-corrected chi connectivity index (χ1v) is 8.43. The fourth-order valence-corrected chi connectivity index (χ4v) is 2.23.